The lowest BCUT2D eigenvalue weighted by molar-refractivity contribution is -0.386. The fourth-order valence-electron chi connectivity index (χ4n) is 1.36. The van der Waals surface area contributed by atoms with Crippen molar-refractivity contribution in [1.29, 1.82) is 0 Å². The normalized spacial score (nSPS) is 10.1. The van der Waals surface area contributed by atoms with Crippen molar-refractivity contribution in [3.05, 3.63) is 27.8 Å². The smallest absolute Gasteiger partial charge is 0.314 e. The van der Waals surface area contributed by atoms with E-state index in [4.69, 9.17) is 14.2 Å². The zero-order valence-corrected chi connectivity index (χ0v) is 10.1. The Morgan fingerprint density at radius 3 is 2.47 bits per heavy atom. The second-order valence-corrected chi connectivity index (χ2v) is 3.39. The van der Waals surface area contributed by atoms with Gasteiger partial charge in [0.2, 0.25) is 0 Å². The third-order valence-corrected chi connectivity index (χ3v) is 2.22. The van der Waals surface area contributed by atoms with E-state index in [0.717, 1.165) is 5.56 Å². The Kier molecular flexibility index (Phi) is 4.71. The summed E-state index contributed by atoms with van der Waals surface area (Å²) in [5, 5.41) is 10.9. The largest absolute Gasteiger partial charge is 0.496 e. The summed E-state index contributed by atoms with van der Waals surface area (Å²) in [5.41, 5.74) is 0.675. The number of rotatable bonds is 6. The molecule has 0 saturated heterocycles. The van der Waals surface area contributed by atoms with E-state index >= 15 is 0 Å². The predicted molar refractivity (Wildman–Crippen MR) is 61.8 cm³/mol. The van der Waals surface area contributed by atoms with Gasteiger partial charge in [-0.3, -0.25) is 10.1 Å². The van der Waals surface area contributed by atoms with Gasteiger partial charge in [0.25, 0.3) is 0 Å². The summed E-state index contributed by atoms with van der Waals surface area (Å²) in [6.45, 7) is 2.44. The molecular weight excluding hydrogens is 226 g/mol. The fourth-order valence-corrected chi connectivity index (χ4v) is 1.36. The average Bonchev–Trinajstić information content (AvgIpc) is 2.29. The number of ether oxygens (including phenoxy) is 3. The van der Waals surface area contributed by atoms with Gasteiger partial charge in [0.05, 0.1) is 24.7 Å². The van der Waals surface area contributed by atoms with Crippen LogP contribution in [0.4, 0.5) is 5.69 Å². The number of benzene rings is 1. The molecule has 0 saturated carbocycles. The molecule has 17 heavy (non-hydrogen) atoms. The van der Waals surface area contributed by atoms with Crippen molar-refractivity contribution in [2.45, 2.75) is 6.92 Å². The van der Waals surface area contributed by atoms with Gasteiger partial charge in [-0.2, -0.15) is 0 Å². The van der Waals surface area contributed by atoms with Crippen LogP contribution in [0.5, 0.6) is 11.5 Å². The summed E-state index contributed by atoms with van der Waals surface area (Å²) in [7, 11) is 3.01. The number of methoxy groups -OCH3 is 2. The van der Waals surface area contributed by atoms with Crippen molar-refractivity contribution < 1.29 is 19.1 Å². The summed E-state index contributed by atoms with van der Waals surface area (Å²) >= 11 is 0. The predicted octanol–water partition coefficient (Wildman–Crippen LogP) is 1.94. The Morgan fingerprint density at radius 2 is 1.94 bits per heavy atom. The topological polar surface area (TPSA) is 70.8 Å². The molecule has 0 spiro atoms. The molecule has 0 aromatic heterocycles. The highest BCUT2D eigenvalue weighted by molar-refractivity contribution is 5.54. The second kappa shape index (κ2) is 6.05. The zero-order chi connectivity index (χ0) is 12.8. The average molecular weight is 241 g/mol. The minimum atomic E-state index is -0.496. The van der Waals surface area contributed by atoms with Crippen LogP contribution < -0.4 is 9.47 Å². The first-order chi connectivity index (χ1) is 8.10. The molecule has 0 fully saturated rings. The molecule has 0 bridgehead atoms. The van der Waals surface area contributed by atoms with Crippen molar-refractivity contribution in [2.75, 3.05) is 27.4 Å². The Hall–Kier alpha value is -1.82. The molecule has 0 N–H and O–H groups in total. The molecule has 6 heteroatoms. The van der Waals surface area contributed by atoms with E-state index in [0.29, 0.717) is 12.4 Å². The lowest BCUT2D eigenvalue weighted by Crippen LogP contribution is -2.06. The van der Waals surface area contributed by atoms with Gasteiger partial charge in [0.1, 0.15) is 12.4 Å². The quantitative estimate of drug-likeness (QED) is 0.432. The highest BCUT2D eigenvalue weighted by Crippen LogP contribution is 2.34. The first-order valence-electron chi connectivity index (χ1n) is 5.05. The zero-order valence-electron chi connectivity index (χ0n) is 10.1. The molecule has 1 rings (SSSR count). The Labute approximate surface area is 99.2 Å². The summed E-state index contributed by atoms with van der Waals surface area (Å²) in [5.74, 6) is 0.696. The molecule has 0 aliphatic carbocycles. The van der Waals surface area contributed by atoms with E-state index in [-0.39, 0.29) is 18.0 Å². The van der Waals surface area contributed by atoms with Crippen LogP contribution in [0.25, 0.3) is 0 Å². The maximum atomic E-state index is 10.9. The molecule has 0 aliphatic rings. The maximum absolute atomic E-state index is 10.9. The Balaban J connectivity index is 3.01. The van der Waals surface area contributed by atoms with Gasteiger partial charge in [-0.1, -0.05) is 0 Å². The van der Waals surface area contributed by atoms with Crippen molar-refractivity contribution in [3.63, 3.8) is 0 Å². The first-order valence-corrected chi connectivity index (χ1v) is 5.05. The molecule has 0 heterocycles. The van der Waals surface area contributed by atoms with Crippen molar-refractivity contribution in [1.82, 2.24) is 0 Å². The number of aryl methyl sites for hydroxylation is 1. The summed E-state index contributed by atoms with van der Waals surface area (Å²) in [6.07, 6.45) is 0. The minimum absolute atomic E-state index is 0.108. The van der Waals surface area contributed by atoms with Crippen LogP contribution in [0.1, 0.15) is 5.56 Å². The van der Waals surface area contributed by atoms with Gasteiger partial charge in [0, 0.05) is 7.11 Å². The molecule has 6 nitrogen and oxygen atoms in total. The van der Waals surface area contributed by atoms with Crippen LogP contribution in [0.2, 0.25) is 0 Å². The van der Waals surface area contributed by atoms with Crippen molar-refractivity contribution >= 4 is 5.69 Å². The third kappa shape index (κ3) is 3.32. The second-order valence-electron chi connectivity index (χ2n) is 3.39. The summed E-state index contributed by atoms with van der Waals surface area (Å²) in [6, 6.07) is 2.95. The van der Waals surface area contributed by atoms with Crippen LogP contribution in [0.15, 0.2) is 12.1 Å². The molecule has 0 amide bonds. The van der Waals surface area contributed by atoms with Gasteiger partial charge < -0.3 is 14.2 Å². The number of nitrogens with zero attached hydrogens (tertiary/aromatic N) is 1. The molecule has 0 atom stereocenters. The van der Waals surface area contributed by atoms with E-state index < -0.39 is 4.92 Å². The van der Waals surface area contributed by atoms with Gasteiger partial charge >= 0.3 is 5.69 Å². The minimum Gasteiger partial charge on any atom is -0.496 e. The highest BCUT2D eigenvalue weighted by atomic mass is 16.6. The van der Waals surface area contributed by atoms with Crippen LogP contribution in [0.3, 0.4) is 0 Å². The Bertz CT molecular complexity index is 405. The maximum Gasteiger partial charge on any atom is 0.314 e. The fraction of sp³-hybridized carbons (Fsp3) is 0.455. The van der Waals surface area contributed by atoms with E-state index in [1.807, 2.05) is 0 Å². The molecule has 0 unspecified atom stereocenters. The lowest BCUT2D eigenvalue weighted by Gasteiger charge is -2.09. The van der Waals surface area contributed by atoms with Crippen molar-refractivity contribution in [2.24, 2.45) is 0 Å². The number of nitro groups is 1. The van der Waals surface area contributed by atoms with Crippen LogP contribution in [-0.4, -0.2) is 32.4 Å². The van der Waals surface area contributed by atoms with Crippen LogP contribution >= 0.6 is 0 Å². The summed E-state index contributed by atoms with van der Waals surface area (Å²) < 4.78 is 15.1. The van der Waals surface area contributed by atoms with Gasteiger partial charge in [-0.25, -0.2) is 0 Å². The first kappa shape index (κ1) is 13.2. The monoisotopic (exact) mass is 241 g/mol. The molecule has 0 radical (unpaired) electrons. The van der Waals surface area contributed by atoms with Gasteiger partial charge in [0.15, 0.2) is 5.75 Å². The SMILES string of the molecule is COCCOc1cc(C)c(OC)cc1[N+](=O)[O-]. The number of hydrogen-bond donors (Lipinski definition) is 0. The molecule has 1 aromatic carbocycles. The molecular formula is C11H15NO5. The molecule has 1 aromatic rings. The van der Waals surface area contributed by atoms with E-state index in [1.54, 1.807) is 13.0 Å². The molecule has 94 valence electrons. The standard InChI is InChI=1S/C11H15NO5/c1-8-6-11(17-5-4-15-2)9(12(13)14)7-10(8)16-3/h6-7H,4-5H2,1-3H3. The Morgan fingerprint density at radius 1 is 1.24 bits per heavy atom. The van der Waals surface area contributed by atoms with E-state index in [2.05, 4.69) is 0 Å². The number of hydrogen-bond acceptors (Lipinski definition) is 5. The number of nitro benzene ring substituents is 1. The van der Waals surface area contributed by atoms with Crippen LogP contribution in [0, 0.1) is 17.0 Å². The van der Waals surface area contributed by atoms with E-state index in [9.17, 15) is 10.1 Å². The van der Waals surface area contributed by atoms with Crippen molar-refractivity contribution in [3.8, 4) is 11.5 Å². The lowest BCUT2D eigenvalue weighted by atomic mass is 10.2. The van der Waals surface area contributed by atoms with Gasteiger partial charge in [-0.15, -0.1) is 0 Å². The van der Waals surface area contributed by atoms with Crippen LogP contribution in [-0.2, 0) is 4.74 Å². The highest BCUT2D eigenvalue weighted by Gasteiger charge is 2.18. The molecule has 0 aliphatic heterocycles. The van der Waals surface area contributed by atoms with Gasteiger partial charge in [-0.05, 0) is 18.6 Å². The summed E-state index contributed by atoms with van der Waals surface area (Å²) in [4.78, 5) is 10.4. The third-order valence-electron chi connectivity index (χ3n) is 2.22. The van der Waals surface area contributed by atoms with E-state index in [1.165, 1.54) is 20.3 Å².